The largest absolute Gasteiger partial charge is 0.497 e. The Labute approximate surface area is 193 Å². The number of ether oxygens (including phenoxy) is 1. The molecule has 1 atom stereocenters. The number of nitrogens with zero attached hydrogens (tertiary/aromatic N) is 1. The van der Waals surface area contributed by atoms with E-state index in [9.17, 15) is 13.2 Å². The monoisotopic (exact) mass is 472 g/mol. The first kappa shape index (κ1) is 23.6. The van der Waals surface area contributed by atoms with Crippen LogP contribution in [0.5, 0.6) is 5.75 Å². The van der Waals surface area contributed by atoms with Gasteiger partial charge in [-0.25, -0.2) is 8.42 Å². The van der Waals surface area contributed by atoms with Crippen LogP contribution in [0.2, 0.25) is 5.02 Å². The fourth-order valence-corrected chi connectivity index (χ4v) is 4.70. The van der Waals surface area contributed by atoms with E-state index < -0.39 is 15.9 Å². The smallest absolute Gasteiger partial charge is 0.264 e. The van der Waals surface area contributed by atoms with E-state index in [-0.39, 0.29) is 17.4 Å². The molecule has 0 aromatic heterocycles. The molecule has 0 aliphatic carbocycles. The van der Waals surface area contributed by atoms with Gasteiger partial charge in [0.05, 0.1) is 17.7 Å². The summed E-state index contributed by atoms with van der Waals surface area (Å²) in [7, 11) is -2.50. The zero-order valence-corrected chi connectivity index (χ0v) is 19.4. The van der Waals surface area contributed by atoms with E-state index in [0.717, 1.165) is 9.87 Å². The molecule has 0 fully saturated rings. The molecule has 168 valence electrons. The van der Waals surface area contributed by atoms with E-state index in [1.54, 1.807) is 36.4 Å². The van der Waals surface area contributed by atoms with Crippen LogP contribution in [0.4, 0.5) is 5.69 Å². The molecule has 8 heteroatoms. The fourth-order valence-electron chi connectivity index (χ4n) is 3.15. The van der Waals surface area contributed by atoms with Crippen molar-refractivity contribution in [3.8, 4) is 5.75 Å². The van der Waals surface area contributed by atoms with Gasteiger partial charge in [0.1, 0.15) is 12.3 Å². The lowest BCUT2D eigenvalue weighted by atomic mass is 10.0. The van der Waals surface area contributed by atoms with Gasteiger partial charge in [0, 0.05) is 11.6 Å². The van der Waals surface area contributed by atoms with Crippen LogP contribution < -0.4 is 14.4 Å². The molecule has 0 saturated carbocycles. The lowest BCUT2D eigenvalue weighted by Gasteiger charge is -2.24. The van der Waals surface area contributed by atoms with Gasteiger partial charge in [-0.2, -0.15) is 0 Å². The maximum atomic E-state index is 13.4. The highest BCUT2D eigenvalue weighted by molar-refractivity contribution is 7.92. The second-order valence-corrected chi connectivity index (χ2v) is 9.58. The number of hydrogen-bond donors (Lipinski definition) is 1. The molecule has 1 N–H and O–H groups in total. The van der Waals surface area contributed by atoms with Crippen LogP contribution >= 0.6 is 11.6 Å². The predicted molar refractivity (Wildman–Crippen MR) is 127 cm³/mol. The maximum Gasteiger partial charge on any atom is 0.264 e. The summed E-state index contributed by atoms with van der Waals surface area (Å²) in [6, 6.07) is 22.1. The van der Waals surface area contributed by atoms with Gasteiger partial charge >= 0.3 is 0 Å². The highest BCUT2D eigenvalue weighted by Crippen LogP contribution is 2.26. The number of rotatable bonds is 9. The molecule has 0 spiro atoms. The summed E-state index contributed by atoms with van der Waals surface area (Å²) < 4.78 is 33.0. The average Bonchev–Trinajstić information content (AvgIpc) is 2.82. The van der Waals surface area contributed by atoms with Crippen molar-refractivity contribution in [2.75, 3.05) is 24.5 Å². The van der Waals surface area contributed by atoms with Crippen LogP contribution in [-0.4, -0.2) is 34.5 Å². The van der Waals surface area contributed by atoms with Gasteiger partial charge in [-0.05, 0) is 60.0 Å². The molecule has 0 saturated heterocycles. The molecule has 6 nitrogen and oxygen atoms in total. The maximum absolute atomic E-state index is 13.4. The molecule has 0 radical (unpaired) electrons. The Bertz CT molecular complexity index is 1130. The minimum Gasteiger partial charge on any atom is -0.497 e. The number of hydrogen-bond acceptors (Lipinski definition) is 4. The van der Waals surface area contributed by atoms with E-state index in [4.69, 9.17) is 16.3 Å². The van der Waals surface area contributed by atoms with Crippen LogP contribution in [0.25, 0.3) is 0 Å². The molecule has 0 aliphatic heterocycles. The first-order chi connectivity index (χ1) is 15.3. The molecule has 3 aromatic carbocycles. The minimum atomic E-state index is -4.00. The van der Waals surface area contributed by atoms with Gasteiger partial charge in [0.15, 0.2) is 0 Å². The molecule has 0 bridgehead atoms. The van der Waals surface area contributed by atoms with Gasteiger partial charge in [-0.1, -0.05) is 48.9 Å². The van der Waals surface area contributed by atoms with Gasteiger partial charge in [0.25, 0.3) is 10.0 Å². The van der Waals surface area contributed by atoms with Crippen LogP contribution in [0.3, 0.4) is 0 Å². The third-order valence-electron chi connectivity index (χ3n) is 5.02. The molecular weight excluding hydrogens is 448 g/mol. The van der Waals surface area contributed by atoms with E-state index in [0.29, 0.717) is 23.0 Å². The molecule has 1 amide bonds. The van der Waals surface area contributed by atoms with Gasteiger partial charge in [-0.15, -0.1) is 0 Å². The average molecular weight is 473 g/mol. The lowest BCUT2D eigenvalue weighted by molar-refractivity contribution is -0.119. The van der Waals surface area contributed by atoms with Crippen molar-refractivity contribution >= 4 is 33.2 Å². The second-order valence-electron chi connectivity index (χ2n) is 7.28. The Morgan fingerprint density at radius 1 is 1.00 bits per heavy atom. The number of benzene rings is 3. The third kappa shape index (κ3) is 5.81. The van der Waals surface area contributed by atoms with Gasteiger partial charge in [-0.3, -0.25) is 9.10 Å². The Balaban J connectivity index is 1.81. The highest BCUT2D eigenvalue weighted by atomic mass is 35.5. The number of carbonyl (C=O) groups excluding carboxylic acids is 1. The normalized spacial score (nSPS) is 12.1. The molecular formula is C24H25ClN2O4S. The zero-order chi connectivity index (χ0) is 23.1. The second kappa shape index (κ2) is 10.5. The Morgan fingerprint density at radius 2 is 1.62 bits per heavy atom. The predicted octanol–water partition coefficient (Wildman–Crippen LogP) is 4.46. The molecule has 0 aliphatic rings. The van der Waals surface area contributed by atoms with Crippen molar-refractivity contribution in [3.05, 3.63) is 89.4 Å². The summed E-state index contributed by atoms with van der Waals surface area (Å²) in [4.78, 5) is 12.8. The molecule has 3 aromatic rings. The lowest BCUT2D eigenvalue weighted by Crippen LogP contribution is -2.41. The first-order valence-electron chi connectivity index (χ1n) is 10.1. The van der Waals surface area contributed by atoms with E-state index >= 15 is 0 Å². The standard InChI is InChI=1S/C24H25ClN2O4S/c1-18(19-6-4-3-5-7-19)16-26-24(28)17-27(21-10-8-20(25)9-11-21)32(29,30)23-14-12-22(31-2)13-15-23/h3-15,18H,16-17H2,1-2H3,(H,26,28)/t18-/m0/s1. The van der Waals surface area contributed by atoms with E-state index in [1.165, 1.54) is 19.2 Å². The number of halogens is 1. The minimum absolute atomic E-state index is 0.0544. The van der Waals surface area contributed by atoms with Crippen LogP contribution in [-0.2, 0) is 14.8 Å². The van der Waals surface area contributed by atoms with Gasteiger partial charge in [0.2, 0.25) is 5.91 Å². The molecule has 32 heavy (non-hydrogen) atoms. The highest BCUT2D eigenvalue weighted by Gasteiger charge is 2.27. The van der Waals surface area contributed by atoms with Crippen LogP contribution in [0.1, 0.15) is 18.4 Å². The zero-order valence-electron chi connectivity index (χ0n) is 17.9. The van der Waals surface area contributed by atoms with Crippen molar-refractivity contribution in [1.29, 1.82) is 0 Å². The quantitative estimate of drug-likeness (QED) is 0.498. The number of carbonyl (C=O) groups is 1. The number of anilines is 1. The summed E-state index contributed by atoms with van der Waals surface area (Å²) in [5.41, 5.74) is 1.43. The molecule has 0 unspecified atom stereocenters. The fraction of sp³-hybridized carbons (Fsp3) is 0.208. The van der Waals surface area contributed by atoms with Crippen LogP contribution in [0, 0.1) is 0 Å². The molecule has 0 heterocycles. The number of nitrogens with one attached hydrogen (secondary N) is 1. The van der Waals surface area contributed by atoms with Crippen molar-refractivity contribution in [1.82, 2.24) is 5.32 Å². The summed E-state index contributed by atoms with van der Waals surface area (Å²) >= 11 is 5.97. The summed E-state index contributed by atoms with van der Waals surface area (Å²) in [5, 5.41) is 3.31. The third-order valence-corrected chi connectivity index (χ3v) is 7.06. The summed E-state index contributed by atoms with van der Waals surface area (Å²) in [6.45, 7) is 2.03. The Hall–Kier alpha value is -3.03. The number of sulfonamides is 1. The summed E-state index contributed by atoms with van der Waals surface area (Å²) in [5.74, 6) is 0.219. The van der Waals surface area contributed by atoms with Crippen molar-refractivity contribution in [3.63, 3.8) is 0 Å². The van der Waals surface area contributed by atoms with Crippen molar-refractivity contribution < 1.29 is 17.9 Å². The SMILES string of the molecule is COc1ccc(S(=O)(=O)N(CC(=O)NC[C@H](C)c2ccccc2)c2ccc(Cl)cc2)cc1. The van der Waals surface area contributed by atoms with E-state index in [1.807, 2.05) is 37.3 Å². The number of amides is 1. The first-order valence-corrected chi connectivity index (χ1v) is 11.9. The Morgan fingerprint density at radius 3 is 2.22 bits per heavy atom. The topological polar surface area (TPSA) is 75.7 Å². The van der Waals surface area contributed by atoms with Crippen molar-refractivity contribution in [2.24, 2.45) is 0 Å². The van der Waals surface area contributed by atoms with E-state index in [2.05, 4.69) is 5.32 Å². The number of methoxy groups -OCH3 is 1. The van der Waals surface area contributed by atoms with Crippen LogP contribution in [0.15, 0.2) is 83.8 Å². The van der Waals surface area contributed by atoms with Gasteiger partial charge < -0.3 is 10.1 Å². The Kier molecular flexibility index (Phi) is 7.77. The molecule has 3 rings (SSSR count). The van der Waals surface area contributed by atoms with Crippen molar-refractivity contribution in [2.45, 2.75) is 17.7 Å². The summed E-state index contributed by atoms with van der Waals surface area (Å²) in [6.07, 6.45) is 0.